The third kappa shape index (κ3) is 29.2. The predicted octanol–water partition coefficient (Wildman–Crippen LogP) is 13.5. The zero-order valence-corrected chi connectivity index (χ0v) is 82.8. The molecule has 1 aromatic heterocycles. The molecule has 0 amide bonds. The molecule has 776 valence electrons. The highest BCUT2D eigenvalue weighted by Gasteiger charge is 2.54. The maximum absolute atomic E-state index is 14.2. The van der Waals surface area contributed by atoms with Crippen LogP contribution < -0.4 is 0 Å². The number of aliphatic hydroxyl groups is 16. The summed E-state index contributed by atoms with van der Waals surface area (Å²) in [5.74, 6) is -0.156. The van der Waals surface area contributed by atoms with E-state index >= 15 is 0 Å². The number of hydrogen-bond acceptors (Lipinski definition) is 30. The highest BCUT2D eigenvalue weighted by molar-refractivity contribution is 5.71. The molecular weight excluding hydrogens is 1860 g/mol. The van der Waals surface area contributed by atoms with Gasteiger partial charge in [0.2, 0.25) is 0 Å². The Morgan fingerprint density at radius 2 is 0.517 bits per heavy atom. The molecule has 0 unspecified atom stereocenters. The van der Waals surface area contributed by atoms with Gasteiger partial charge in [0.1, 0.15) is 68.7 Å². The van der Waals surface area contributed by atoms with Crippen molar-refractivity contribution in [3.63, 3.8) is 0 Å². The molecule has 0 aliphatic heterocycles. The summed E-state index contributed by atoms with van der Waals surface area (Å²) in [6, 6.07) is 38.1. The van der Waals surface area contributed by atoms with Gasteiger partial charge in [0, 0.05) is 109 Å². The maximum Gasteiger partial charge on any atom is 0.402 e. The van der Waals surface area contributed by atoms with Gasteiger partial charge in [-0.25, -0.2) is 0 Å². The molecule has 0 aliphatic carbocycles. The van der Waals surface area contributed by atoms with Gasteiger partial charge in [-0.2, -0.15) is 13.2 Å². The molecule has 1 heterocycles. The molecule has 0 atom stereocenters. The molecule has 12 rings (SSSR count). The monoisotopic (exact) mass is 1990 g/mol. The van der Waals surface area contributed by atoms with Gasteiger partial charge in [-0.15, -0.1) is 0 Å². The Morgan fingerprint density at radius 1 is 0.266 bits per heavy atom. The lowest BCUT2D eigenvalue weighted by Crippen LogP contribution is -2.41. The zero-order valence-electron chi connectivity index (χ0n) is 82.8. The van der Waals surface area contributed by atoms with Crippen LogP contribution >= 0.6 is 0 Å². The Balaban J connectivity index is 0.000000260. The van der Waals surface area contributed by atoms with E-state index in [9.17, 15) is 131 Å². The summed E-state index contributed by atoms with van der Waals surface area (Å²) in [4.78, 5) is 3.91. The minimum absolute atomic E-state index is 0.00870. The number of methoxy groups -OCH3 is 2. The fourth-order valence-corrected chi connectivity index (χ4v) is 16.4. The molecule has 12 aromatic rings. The largest absolute Gasteiger partial charge is 0.507 e. The second-order valence-electron chi connectivity index (χ2n) is 35.1. The standard InChI is InChI=1S/C20H26O4.C19H21F3O6.C19H24O6.C19H24O4.C17H20O4.C9H12O3.C7H9NO2/c1-5-13-7-15(8-14(6-2)19(13)21)16-9-17(11-23-3)20(22)18(10-16)12-24-4;1-18(19(20,21)22,14-2-10(6-23)16(27)11(3-14)7-24)15-4-12(8-25)17(28)13(5-15)9-26;1-19(2,15-3-11(7-20)17(24)12(4-15)8-21)16-5-13(9-22)18(25)14(6-16)10-23;1-10-5-14(12(3)16(8-20)18(10)22)7-15-6-11(2)19(23)17(9-21)13(15)4;1-10-3-12(6-14(8-18)16(10)20)5-13-4-11(2)17(21)15(7-13)9-19;1-6-2-7(4-10)9(12)8(3-6)5-11;9-4-6-2-1-3-7(5-10)8-6/h7-10,21-22H,5-6,11-12H2,1-4H3;2-5,23-28H,6-9H2,1H3;3-6,20-25H,7-10H2,1-2H3;5-6,20-23H,7-9H2,1-4H3;3-4,6-7,18-21H,5,8-9H2,1-2H3;2-3,10-12H,4-5H2,1H3;1-3,9-10H,4-5H2. The summed E-state index contributed by atoms with van der Waals surface area (Å²) >= 11 is 0. The third-order valence-electron chi connectivity index (χ3n) is 25.1. The van der Waals surface area contributed by atoms with Crippen molar-refractivity contribution < 1.29 is 161 Å². The van der Waals surface area contributed by atoms with Crippen molar-refractivity contribution in [2.75, 3.05) is 14.2 Å². The van der Waals surface area contributed by atoms with Crippen LogP contribution in [0.4, 0.5) is 13.2 Å². The minimum Gasteiger partial charge on any atom is -0.507 e. The predicted molar refractivity (Wildman–Crippen MR) is 531 cm³/mol. The number of halogens is 3. The average Bonchev–Trinajstić information content (AvgIpc) is 0.700. The summed E-state index contributed by atoms with van der Waals surface area (Å²) in [7, 11) is 3.21. The number of rotatable bonds is 31. The van der Waals surface area contributed by atoms with E-state index in [1.54, 1.807) is 94.8 Å². The molecule has 0 radical (unpaired) electrons. The molecule has 33 heteroatoms. The first-order chi connectivity index (χ1) is 67.7. The molecule has 0 aliphatic rings. The normalized spacial score (nSPS) is 11.3. The Labute approximate surface area is 829 Å². The number of pyridine rings is 1. The van der Waals surface area contributed by atoms with E-state index in [1.165, 1.54) is 0 Å². The number of aryl methyl sites for hydroxylation is 7. The first-order valence-corrected chi connectivity index (χ1v) is 45.6. The van der Waals surface area contributed by atoms with E-state index in [2.05, 4.69) is 4.98 Å². The van der Waals surface area contributed by atoms with Crippen LogP contribution in [0.15, 0.2) is 140 Å². The molecule has 143 heavy (non-hydrogen) atoms. The number of aromatic hydroxyl groups is 11. The van der Waals surface area contributed by atoms with Gasteiger partial charge in [-0.1, -0.05) is 75.7 Å². The van der Waals surface area contributed by atoms with Gasteiger partial charge >= 0.3 is 6.18 Å². The van der Waals surface area contributed by atoms with Crippen LogP contribution in [0.5, 0.6) is 63.2 Å². The highest BCUT2D eigenvalue weighted by atomic mass is 19.4. The lowest BCUT2D eigenvalue weighted by molar-refractivity contribution is -0.173. The lowest BCUT2D eigenvalue weighted by Gasteiger charge is -2.35. The number of alkyl halides is 3. The zero-order chi connectivity index (χ0) is 107. The van der Waals surface area contributed by atoms with Crippen LogP contribution in [0.25, 0.3) is 11.1 Å². The van der Waals surface area contributed by atoms with Crippen LogP contribution in [-0.4, -0.2) is 163 Å². The SMILES string of the molecule is CC(C)(c1cc(CO)c(O)c(CO)c1)c1cc(CO)c(O)c(CO)c1.CC(c1cc(CO)c(O)c(CO)c1)(c1cc(CO)c(O)c(CO)c1)C(F)(F)F.CCc1cc(-c2cc(COC)c(O)c(COC)c2)cc(CC)c1O.Cc1cc(CO)c(O)c(CO)c1.Cc1cc(Cc2cc(C)c(O)c(CO)c2)cc(CO)c1O.Cc1cc(Cc2cc(C)c(O)c(CO)c2C)c(C)c(CO)c1O.OCc1cccc(CO)n1. The number of aromatic nitrogens is 1. The van der Waals surface area contributed by atoms with E-state index in [-0.39, 0.29) is 159 Å². The van der Waals surface area contributed by atoms with Crippen molar-refractivity contribution in [3.05, 3.63) is 335 Å². The van der Waals surface area contributed by atoms with Crippen molar-refractivity contribution in [3.8, 4) is 74.4 Å². The van der Waals surface area contributed by atoms with E-state index in [1.807, 2.05) is 111 Å². The quantitative estimate of drug-likeness (QED) is 0.0192. The molecule has 0 fully saturated rings. The van der Waals surface area contributed by atoms with E-state index < -0.39 is 54.9 Å². The van der Waals surface area contributed by atoms with Crippen LogP contribution in [0.2, 0.25) is 0 Å². The molecule has 0 saturated carbocycles. The first kappa shape index (κ1) is 119. The number of aliphatic hydroxyl groups excluding tert-OH is 16. The van der Waals surface area contributed by atoms with Crippen molar-refractivity contribution in [2.24, 2.45) is 0 Å². The second kappa shape index (κ2) is 54.8. The maximum atomic E-state index is 14.2. The Bertz CT molecular complexity index is 5850. The van der Waals surface area contributed by atoms with Gasteiger partial charge in [0.05, 0.1) is 130 Å². The number of benzene rings is 11. The molecule has 0 bridgehead atoms. The summed E-state index contributed by atoms with van der Waals surface area (Å²) < 4.78 is 53.1. The fraction of sp³-hybridized carbons (Fsp3) is 0.355. The topological polar surface area (TPSA) is 578 Å². The molecule has 0 saturated heterocycles. The number of phenolic OH excluding ortho intramolecular Hbond substituents is 2. The first-order valence-electron chi connectivity index (χ1n) is 45.6. The molecule has 27 N–H and O–H groups in total. The summed E-state index contributed by atoms with van der Waals surface area (Å²) in [5, 5.41) is 258. The van der Waals surface area contributed by atoms with E-state index in [0.29, 0.717) is 98.8 Å². The number of ether oxygens (including phenoxy) is 2. The Kier molecular flexibility index (Phi) is 45.6. The van der Waals surface area contributed by atoms with Crippen LogP contribution in [0.1, 0.15) is 230 Å². The lowest BCUT2D eigenvalue weighted by atomic mass is 9.73. The van der Waals surface area contributed by atoms with Crippen molar-refractivity contribution in [1.29, 1.82) is 0 Å². The van der Waals surface area contributed by atoms with Crippen LogP contribution in [0.3, 0.4) is 0 Å². The highest BCUT2D eigenvalue weighted by Crippen LogP contribution is 2.50. The van der Waals surface area contributed by atoms with Gasteiger partial charge in [0.15, 0.2) is 0 Å². The van der Waals surface area contributed by atoms with Crippen molar-refractivity contribution in [1.82, 2.24) is 4.98 Å². The smallest absolute Gasteiger partial charge is 0.402 e. The van der Waals surface area contributed by atoms with Gasteiger partial charge in [0.25, 0.3) is 0 Å². The molecule has 0 spiro atoms. The number of phenols is 11. The van der Waals surface area contributed by atoms with Crippen LogP contribution in [-0.2, 0) is 165 Å². The molecule has 11 aromatic carbocycles. The minimum atomic E-state index is -4.88. The van der Waals surface area contributed by atoms with Gasteiger partial charge in [-0.05, 0) is 278 Å². The number of nitrogens with zero attached hydrogens (tertiary/aromatic N) is 1. The average molecular weight is 1990 g/mol. The van der Waals surface area contributed by atoms with Gasteiger partial charge < -0.3 is 147 Å². The second-order valence-corrected chi connectivity index (χ2v) is 35.1. The summed E-state index contributed by atoms with van der Waals surface area (Å²) in [6.45, 7) is 16.3. The van der Waals surface area contributed by atoms with E-state index in [4.69, 9.17) is 29.9 Å². The van der Waals surface area contributed by atoms with Crippen molar-refractivity contribution >= 4 is 0 Å². The fourth-order valence-electron chi connectivity index (χ4n) is 16.4. The summed E-state index contributed by atoms with van der Waals surface area (Å²) in [5.41, 5.74) is 16.8. The third-order valence-corrected chi connectivity index (χ3v) is 25.1. The van der Waals surface area contributed by atoms with Gasteiger partial charge in [-0.3, -0.25) is 4.98 Å². The number of hydrogen-bond donors (Lipinski definition) is 27. The van der Waals surface area contributed by atoms with E-state index in [0.717, 1.165) is 150 Å². The van der Waals surface area contributed by atoms with Crippen LogP contribution in [0, 0.1) is 48.5 Å². The molecular formula is C110H136F3NO29. The molecule has 30 nitrogen and oxygen atoms in total. The Hall–Kier alpha value is -12.6. The van der Waals surface area contributed by atoms with Crippen molar-refractivity contribution in [2.45, 2.75) is 245 Å². The summed E-state index contributed by atoms with van der Waals surface area (Å²) in [6.07, 6.45) is -2.14. The Morgan fingerprint density at radius 3 is 0.776 bits per heavy atom.